The second kappa shape index (κ2) is 8.93. The Morgan fingerprint density at radius 3 is 2.62 bits per heavy atom. The molecular formula is C25H34O7. The molecule has 32 heavy (non-hydrogen) atoms. The van der Waals surface area contributed by atoms with Crippen LogP contribution in [0.1, 0.15) is 60.3 Å². The van der Waals surface area contributed by atoms with Crippen LogP contribution in [-0.4, -0.2) is 48.4 Å². The number of allylic oxidation sites excluding steroid dienone is 2. The number of rotatable bonds is 5. The highest BCUT2D eigenvalue weighted by atomic mass is 16.6. The summed E-state index contributed by atoms with van der Waals surface area (Å²) in [5, 5.41) is 0. The topological polar surface area (TPSA) is 99.3 Å². The van der Waals surface area contributed by atoms with Crippen molar-refractivity contribution in [1.29, 1.82) is 0 Å². The summed E-state index contributed by atoms with van der Waals surface area (Å²) in [5.41, 5.74) is -1.32. The van der Waals surface area contributed by atoms with Gasteiger partial charge < -0.3 is 14.2 Å². The molecule has 0 aromatic carbocycles. The third-order valence-corrected chi connectivity index (χ3v) is 7.44. The van der Waals surface area contributed by atoms with Gasteiger partial charge in [-0.2, -0.15) is 0 Å². The molecule has 0 radical (unpaired) electrons. The normalized spacial score (nSPS) is 39.1. The molecule has 7 nitrogen and oxygen atoms in total. The van der Waals surface area contributed by atoms with Gasteiger partial charge in [0, 0.05) is 23.7 Å². The van der Waals surface area contributed by atoms with Crippen molar-refractivity contribution in [2.45, 2.75) is 78.1 Å². The summed E-state index contributed by atoms with van der Waals surface area (Å²) in [6.07, 6.45) is 6.04. The van der Waals surface area contributed by atoms with Crippen molar-refractivity contribution in [1.82, 2.24) is 0 Å². The number of methoxy groups -OCH3 is 1. The summed E-state index contributed by atoms with van der Waals surface area (Å²) in [5.74, 6) is -3.62. The van der Waals surface area contributed by atoms with Crippen LogP contribution in [0, 0.1) is 23.2 Å². The second-order valence-corrected chi connectivity index (χ2v) is 9.59. The van der Waals surface area contributed by atoms with Gasteiger partial charge in [0.05, 0.1) is 13.0 Å². The van der Waals surface area contributed by atoms with Crippen molar-refractivity contribution in [3.8, 4) is 0 Å². The van der Waals surface area contributed by atoms with Gasteiger partial charge in [-0.15, -0.1) is 0 Å². The quantitative estimate of drug-likeness (QED) is 0.363. The van der Waals surface area contributed by atoms with E-state index in [9.17, 15) is 19.2 Å². The van der Waals surface area contributed by atoms with Crippen molar-refractivity contribution in [3.63, 3.8) is 0 Å². The van der Waals surface area contributed by atoms with Crippen LogP contribution in [0.15, 0.2) is 23.8 Å². The van der Waals surface area contributed by atoms with E-state index in [1.807, 2.05) is 26.8 Å². The van der Waals surface area contributed by atoms with Gasteiger partial charge in [-0.05, 0) is 39.2 Å². The molecule has 1 saturated heterocycles. The molecule has 0 saturated carbocycles. The second-order valence-electron chi connectivity index (χ2n) is 9.59. The summed E-state index contributed by atoms with van der Waals surface area (Å²) >= 11 is 0. The van der Waals surface area contributed by atoms with Crippen LogP contribution in [0.2, 0.25) is 0 Å². The van der Waals surface area contributed by atoms with E-state index in [1.54, 1.807) is 19.9 Å². The molecule has 0 amide bonds. The Bertz CT molecular complexity index is 872. The van der Waals surface area contributed by atoms with E-state index < -0.39 is 46.9 Å². The van der Waals surface area contributed by atoms with Crippen LogP contribution in [0.3, 0.4) is 0 Å². The first-order valence-corrected chi connectivity index (χ1v) is 11.4. The van der Waals surface area contributed by atoms with Crippen LogP contribution in [0.5, 0.6) is 0 Å². The van der Waals surface area contributed by atoms with Crippen LogP contribution in [-0.2, 0) is 33.4 Å². The maximum atomic E-state index is 14.2. The molecule has 1 aliphatic heterocycles. The average molecular weight is 447 g/mol. The summed E-state index contributed by atoms with van der Waals surface area (Å²) < 4.78 is 16.8. The Labute approximate surface area is 189 Å². The summed E-state index contributed by atoms with van der Waals surface area (Å²) in [6.45, 7) is 9.06. The molecule has 0 N–H and O–H groups in total. The summed E-state index contributed by atoms with van der Waals surface area (Å²) in [4.78, 5) is 51.8. The maximum absolute atomic E-state index is 14.2. The lowest BCUT2D eigenvalue weighted by Gasteiger charge is -2.46. The van der Waals surface area contributed by atoms with E-state index in [4.69, 9.17) is 14.2 Å². The Morgan fingerprint density at radius 1 is 1.31 bits per heavy atom. The van der Waals surface area contributed by atoms with E-state index in [0.717, 1.165) is 5.57 Å². The highest BCUT2D eigenvalue weighted by Crippen LogP contribution is 2.54. The fourth-order valence-electron chi connectivity index (χ4n) is 5.35. The van der Waals surface area contributed by atoms with E-state index >= 15 is 0 Å². The first-order valence-electron chi connectivity index (χ1n) is 11.4. The van der Waals surface area contributed by atoms with Crippen molar-refractivity contribution < 1.29 is 33.4 Å². The molecular weight excluding hydrogens is 412 g/mol. The van der Waals surface area contributed by atoms with Gasteiger partial charge in [0.1, 0.15) is 12.2 Å². The number of ether oxygens (including phenoxy) is 3. The van der Waals surface area contributed by atoms with E-state index in [2.05, 4.69) is 0 Å². The van der Waals surface area contributed by atoms with Crippen LogP contribution in [0.25, 0.3) is 0 Å². The number of fused-ring (bicyclic) bond motifs is 2. The third kappa shape index (κ3) is 3.96. The molecule has 1 heterocycles. The molecule has 0 aromatic heterocycles. The number of carbonyl (C=O) groups is 4. The minimum absolute atomic E-state index is 0.165. The van der Waals surface area contributed by atoms with Crippen molar-refractivity contribution in [2.75, 3.05) is 7.11 Å². The van der Waals surface area contributed by atoms with Gasteiger partial charge >= 0.3 is 11.9 Å². The van der Waals surface area contributed by atoms with Crippen molar-refractivity contribution >= 4 is 23.5 Å². The summed E-state index contributed by atoms with van der Waals surface area (Å²) in [7, 11) is 1.28. The SMILES string of the molecule is CCCC(=O)O[C@H]1CC/C(C)=C\[C@@H]2O[C@]2([C@@H](C)C(=O)OC)C(=O)[C@H]2[C@H](C)C(=O)C=C[C@]12C. The van der Waals surface area contributed by atoms with Crippen molar-refractivity contribution in [3.05, 3.63) is 23.8 Å². The number of hydrogen-bond acceptors (Lipinski definition) is 7. The summed E-state index contributed by atoms with van der Waals surface area (Å²) in [6, 6.07) is 0. The minimum atomic E-state index is -1.39. The average Bonchev–Trinajstić information content (AvgIpc) is 3.47. The fraction of sp³-hybridized carbons (Fsp3) is 0.680. The Morgan fingerprint density at radius 2 is 2.00 bits per heavy atom. The number of ketones is 2. The molecule has 0 aromatic rings. The largest absolute Gasteiger partial charge is 0.469 e. The molecule has 0 unspecified atom stereocenters. The lowest BCUT2D eigenvalue weighted by Crippen LogP contribution is -2.55. The molecule has 3 rings (SSSR count). The first kappa shape index (κ1) is 24.4. The lowest BCUT2D eigenvalue weighted by molar-refractivity contribution is -0.163. The predicted molar refractivity (Wildman–Crippen MR) is 116 cm³/mol. The van der Waals surface area contributed by atoms with Gasteiger partial charge in [0.25, 0.3) is 0 Å². The van der Waals surface area contributed by atoms with E-state index in [1.165, 1.54) is 13.2 Å². The fourth-order valence-corrected chi connectivity index (χ4v) is 5.35. The highest BCUT2D eigenvalue weighted by molar-refractivity contribution is 6.04. The molecule has 1 fully saturated rings. The molecule has 0 spiro atoms. The van der Waals surface area contributed by atoms with Crippen LogP contribution < -0.4 is 0 Å². The molecule has 7 atom stereocenters. The predicted octanol–water partition coefficient (Wildman–Crippen LogP) is 3.35. The zero-order chi connectivity index (χ0) is 23.8. The van der Waals surface area contributed by atoms with Crippen LogP contribution >= 0.6 is 0 Å². The molecule has 2 aliphatic carbocycles. The standard InChI is InChI=1S/C25H34O7/c1-7-8-20(27)31-18-10-9-14(2)13-19-25(32-19,16(4)23(29)30-6)22(28)21-15(3)17(26)11-12-24(18,21)5/h11-13,15-16,18-19,21H,7-10H2,1-6H3/b14-13-/t15-,16+,18+,19+,21-,24-,25+/m1/s1. The van der Waals surface area contributed by atoms with Gasteiger partial charge in [0.15, 0.2) is 17.2 Å². The zero-order valence-corrected chi connectivity index (χ0v) is 19.8. The van der Waals surface area contributed by atoms with Crippen molar-refractivity contribution in [2.24, 2.45) is 23.2 Å². The van der Waals surface area contributed by atoms with E-state index in [-0.39, 0.29) is 24.0 Å². The smallest absolute Gasteiger partial charge is 0.311 e. The molecule has 7 heteroatoms. The number of esters is 2. The Balaban J connectivity index is 2.13. The zero-order valence-electron chi connectivity index (χ0n) is 19.8. The first-order chi connectivity index (χ1) is 15.0. The number of hydrogen-bond donors (Lipinski definition) is 0. The molecule has 176 valence electrons. The molecule has 3 aliphatic rings. The number of Topliss-reactive ketones (excluding diaryl/α,β-unsaturated/α-hetero) is 1. The van der Waals surface area contributed by atoms with Gasteiger partial charge in [-0.25, -0.2) is 0 Å². The maximum Gasteiger partial charge on any atom is 0.311 e. The lowest BCUT2D eigenvalue weighted by atomic mass is 9.58. The van der Waals surface area contributed by atoms with Gasteiger partial charge in [-0.3, -0.25) is 19.2 Å². The van der Waals surface area contributed by atoms with Crippen LogP contribution in [0.4, 0.5) is 0 Å². The third-order valence-electron chi connectivity index (χ3n) is 7.44. The Hall–Kier alpha value is -2.28. The number of epoxide rings is 1. The molecule has 0 bridgehead atoms. The van der Waals surface area contributed by atoms with Gasteiger partial charge in [-0.1, -0.05) is 38.5 Å². The Kier molecular flexibility index (Phi) is 6.80. The minimum Gasteiger partial charge on any atom is -0.469 e. The highest BCUT2D eigenvalue weighted by Gasteiger charge is 2.70. The monoisotopic (exact) mass is 446 g/mol. The van der Waals surface area contributed by atoms with Gasteiger partial charge in [0.2, 0.25) is 0 Å². The van der Waals surface area contributed by atoms with E-state index in [0.29, 0.717) is 19.3 Å². The number of carbonyl (C=O) groups excluding carboxylic acids is 4.